The molecule has 4 rings (SSSR count). The third kappa shape index (κ3) is 4.13. The maximum atomic E-state index is 12.7. The van der Waals surface area contributed by atoms with Gasteiger partial charge in [0.2, 0.25) is 0 Å². The molecule has 144 valence electrons. The number of rotatable bonds is 5. The van der Waals surface area contributed by atoms with E-state index < -0.39 is 6.10 Å². The third-order valence-corrected chi connectivity index (χ3v) is 4.85. The zero-order chi connectivity index (χ0) is 19.3. The van der Waals surface area contributed by atoms with E-state index in [-0.39, 0.29) is 5.91 Å². The Morgan fingerprint density at radius 1 is 1.21 bits per heavy atom. The molecule has 3 aromatic rings. The van der Waals surface area contributed by atoms with Crippen molar-refractivity contribution in [3.05, 3.63) is 71.8 Å². The summed E-state index contributed by atoms with van der Waals surface area (Å²) in [6, 6.07) is 20.1. The molecular formula is C22H24N4O2. The van der Waals surface area contributed by atoms with E-state index >= 15 is 0 Å². The number of ether oxygens (including phenoxy) is 1. The number of amides is 1. The van der Waals surface area contributed by atoms with Gasteiger partial charge in [0.05, 0.1) is 18.8 Å². The van der Waals surface area contributed by atoms with E-state index in [1.165, 1.54) is 0 Å². The Morgan fingerprint density at radius 3 is 2.75 bits per heavy atom. The van der Waals surface area contributed by atoms with Crippen LogP contribution in [-0.4, -0.2) is 41.5 Å². The molecule has 0 bridgehead atoms. The molecule has 1 aromatic heterocycles. The Labute approximate surface area is 164 Å². The van der Waals surface area contributed by atoms with Crippen LogP contribution in [0, 0.1) is 6.92 Å². The fraction of sp³-hybridized carbons (Fsp3) is 0.273. The predicted molar refractivity (Wildman–Crippen MR) is 109 cm³/mol. The van der Waals surface area contributed by atoms with Crippen molar-refractivity contribution in [1.82, 2.24) is 15.1 Å². The number of carbonyl (C=O) groups is 1. The number of hydrogen-bond donors (Lipinski definition) is 2. The predicted octanol–water partition coefficient (Wildman–Crippen LogP) is 2.83. The molecule has 1 aliphatic rings. The van der Waals surface area contributed by atoms with E-state index in [4.69, 9.17) is 9.84 Å². The summed E-state index contributed by atoms with van der Waals surface area (Å²) in [5.41, 5.74) is 4.16. The molecule has 6 heteroatoms. The molecule has 1 fully saturated rings. The van der Waals surface area contributed by atoms with Crippen LogP contribution in [0.4, 0.5) is 5.82 Å². The molecule has 0 aliphatic carbocycles. The maximum Gasteiger partial charge on any atom is 0.255 e. The van der Waals surface area contributed by atoms with E-state index in [1.54, 1.807) is 0 Å². The van der Waals surface area contributed by atoms with Crippen molar-refractivity contribution in [2.75, 3.05) is 25.0 Å². The Hall–Kier alpha value is -2.96. The van der Waals surface area contributed by atoms with Crippen molar-refractivity contribution in [2.45, 2.75) is 19.6 Å². The van der Waals surface area contributed by atoms with Crippen molar-refractivity contribution < 1.29 is 9.53 Å². The second kappa shape index (κ2) is 8.37. The number of nitrogens with zero attached hydrogens (tertiary/aromatic N) is 2. The van der Waals surface area contributed by atoms with Gasteiger partial charge in [-0.2, -0.15) is 5.10 Å². The summed E-state index contributed by atoms with van der Waals surface area (Å²) >= 11 is 0. The van der Waals surface area contributed by atoms with Crippen molar-refractivity contribution in [1.29, 1.82) is 0 Å². The first-order chi connectivity index (χ1) is 13.7. The van der Waals surface area contributed by atoms with Crippen molar-refractivity contribution in [3.63, 3.8) is 0 Å². The van der Waals surface area contributed by atoms with Gasteiger partial charge in [-0.3, -0.25) is 4.79 Å². The number of anilines is 1. The molecule has 2 aromatic carbocycles. The molecule has 0 radical (unpaired) electrons. The third-order valence-electron chi connectivity index (χ3n) is 4.85. The highest BCUT2D eigenvalue weighted by Gasteiger charge is 2.23. The molecule has 1 atom stereocenters. The second-order valence-electron chi connectivity index (χ2n) is 6.93. The minimum Gasteiger partial charge on any atom is -0.366 e. The molecule has 0 saturated carbocycles. The highest BCUT2D eigenvalue weighted by atomic mass is 16.5. The van der Waals surface area contributed by atoms with Crippen LogP contribution in [0.5, 0.6) is 0 Å². The minimum atomic E-state index is -0.490. The summed E-state index contributed by atoms with van der Waals surface area (Å²) in [5.74, 6) is 0.513. The smallest absolute Gasteiger partial charge is 0.255 e. The van der Waals surface area contributed by atoms with Crippen LogP contribution in [0.25, 0.3) is 11.3 Å². The summed E-state index contributed by atoms with van der Waals surface area (Å²) in [4.78, 5) is 12.7. The maximum absolute atomic E-state index is 12.7. The van der Waals surface area contributed by atoms with Crippen LogP contribution in [0.2, 0.25) is 0 Å². The summed E-state index contributed by atoms with van der Waals surface area (Å²) in [5, 5.41) is 11.0. The van der Waals surface area contributed by atoms with Gasteiger partial charge in [0.1, 0.15) is 11.9 Å². The molecule has 1 aliphatic heterocycles. The topological polar surface area (TPSA) is 68.2 Å². The van der Waals surface area contributed by atoms with Crippen LogP contribution < -0.4 is 10.6 Å². The molecular weight excluding hydrogens is 352 g/mol. The molecule has 2 N–H and O–H groups in total. The number of aryl methyl sites for hydroxylation is 1. The van der Waals surface area contributed by atoms with E-state index in [1.807, 2.05) is 47.1 Å². The first-order valence-corrected chi connectivity index (χ1v) is 9.51. The van der Waals surface area contributed by atoms with Crippen molar-refractivity contribution in [2.24, 2.45) is 0 Å². The van der Waals surface area contributed by atoms with Gasteiger partial charge in [0, 0.05) is 24.7 Å². The van der Waals surface area contributed by atoms with Gasteiger partial charge in [0.25, 0.3) is 5.91 Å². The molecule has 6 nitrogen and oxygen atoms in total. The lowest BCUT2D eigenvalue weighted by atomic mass is 10.1. The van der Waals surface area contributed by atoms with Crippen LogP contribution in [0.15, 0.2) is 60.7 Å². The Balaban J connectivity index is 1.64. The van der Waals surface area contributed by atoms with E-state index in [0.29, 0.717) is 25.5 Å². The average molecular weight is 376 g/mol. The highest BCUT2D eigenvalue weighted by Crippen LogP contribution is 2.25. The first kappa shape index (κ1) is 18.4. The van der Waals surface area contributed by atoms with Gasteiger partial charge in [-0.05, 0) is 18.1 Å². The van der Waals surface area contributed by atoms with Crippen molar-refractivity contribution >= 4 is 11.7 Å². The number of nitrogens with one attached hydrogen (secondary N) is 2. The van der Waals surface area contributed by atoms with Gasteiger partial charge in [-0.25, -0.2) is 4.68 Å². The molecule has 28 heavy (non-hydrogen) atoms. The van der Waals surface area contributed by atoms with Crippen LogP contribution >= 0.6 is 0 Å². The SMILES string of the molecule is Cc1ccccc1-c1cc(NC(=O)C2CNCCO2)n(Cc2ccccc2)n1. The van der Waals surface area contributed by atoms with Crippen molar-refractivity contribution in [3.8, 4) is 11.3 Å². The molecule has 2 heterocycles. The van der Waals surface area contributed by atoms with Gasteiger partial charge in [0.15, 0.2) is 0 Å². The summed E-state index contributed by atoms with van der Waals surface area (Å²) < 4.78 is 7.41. The monoisotopic (exact) mass is 376 g/mol. The fourth-order valence-corrected chi connectivity index (χ4v) is 3.33. The largest absolute Gasteiger partial charge is 0.366 e. The first-order valence-electron chi connectivity index (χ1n) is 9.51. The van der Waals surface area contributed by atoms with E-state index in [0.717, 1.165) is 28.9 Å². The number of aromatic nitrogens is 2. The number of benzene rings is 2. The fourth-order valence-electron chi connectivity index (χ4n) is 3.33. The van der Waals surface area contributed by atoms with Crippen LogP contribution in [-0.2, 0) is 16.1 Å². The average Bonchev–Trinajstić information content (AvgIpc) is 3.11. The molecule has 1 unspecified atom stereocenters. The molecule has 1 saturated heterocycles. The van der Waals surface area contributed by atoms with Gasteiger partial charge in [-0.1, -0.05) is 54.6 Å². The van der Waals surface area contributed by atoms with E-state index in [2.05, 4.69) is 35.8 Å². The molecule has 0 spiro atoms. The summed E-state index contributed by atoms with van der Waals surface area (Å²) in [7, 11) is 0. The lowest BCUT2D eigenvalue weighted by Crippen LogP contribution is -2.45. The quantitative estimate of drug-likeness (QED) is 0.719. The van der Waals surface area contributed by atoms with Crippen LogP contribution in [0.1, 0.15) is 11.1 Å². The minimum absolute atomic E-state index is 0.155. The highest BCUT2D eigenvalue weighted by molar-refractivity contribution is 5.94. The summed E-state index contributed by atoms with van der Waals surface area (Å²) in [6.07, 6.45) is -0.490. The van der Waals surface area contributed by atoms with Crippen LogP contribution in [0.3, 0.4) is 0 Å². The number of morpholine rings is 1. The zero-order valence-corrected chi connectivity index (χ0v) is 15.9. The zero-order valence-electron chi connectivity index (χ0n) is 15.9. The number of hydrogen-bond acceptors (Lipinski definition) is 4. The lowest BCUT2D eigenvalue weighted by molar-refractivity contribution is -0.128. The standard InChI is InChI=1S/C22H24N4O2/c1-16-7-5-6-10-18(16)19-13-21(24-22(27)20-14-23-11-12-28-20)26(25-19)15-17-8-3-2-4-9-17/h2-10,13,20,23H,11-12,14-15H2,1H3,(H,24,27). The summed E-state index contributed by atoms with van der Waals surface area (Å²) in [6.45, 7) is 4.46. The number of carbonyl (C=O) groups excluding carboxylic acids is 1. The Morgan fingerprint density at radius 2 is 2.00 bits per heavy atom. The molecule has 1 amide bonds. The second-order valence-corrected chi connectivity index (χ2v) is 6.93. The van der Waals surface area contributed by atoms with Gasteiger partial charge in [-0.15, -0.1) is 0 Å². The van der Waals surface area contributed by atoms with Gasteiger partial charge < -0.3 is 15.4 Å². The Bertz CT molecular complexity index is 946. The Kier molecular flexibility index (Phi) is 5.50. The lowest BCUT2D eigenvalue weighted by Gasteiger charge is -2.22. The normalized spacial score (nSPS) is 16.7. The van der Waals surface area contributed by atoms with E-state index in [9.17, 15) is 4.79 Å². The van der Waals surface area contributed by atoms with Gasteiger partial charge >= 0.3 is 0 Å².